The molecule has 0 unspecified atom stereocenters. The minimum absolute atomic E-state index is 0.180. The molecular weight excluding hydrogens is 384 g/mol. The van der Waals surface area contributed by atoms with Gasteiger partial charge in [-0.2, -0.15) is 0 Å². The zero-order valence-corrected chi connectivity index (χ0v) is 17.6. The molecule has 1 fully saturated rings. The summed E-state index contributed by atoms with van der Waals surface area (Å²) in [6.45, 7) is 2.79. The molecular formula is C27H28N2O2. The van der Waals surface area contributed by atoms with Gasteiger partial charge in [-0.05, 0) is 59.6 Å². The van der Waals surface area contributed by atoms with Crippen molar-refractivity contribution >= 4 is 17.3 Å². The number of fused-ring (bicyclic) bond motifs is 1. The van der Waals surface area contributed by atoms with Crippen molar-refractivity contribution in [3.05, 3.63) is 95.1 Å². The number of nitrogens with one attached hydrogen (secondary N) is 1. The summed E-state index contributed by atoms with van der Waals surface area (Å²) in [6, 6.07) is 25.6. The highest BCUT2D eigenvalue weighted by molar-refractivity contribution is 5.75. The molecule has 2 aliphatic rings. The fraction of sp³-hybridized carbons (Fsp3) is 0.296. The quantitative estimate of drug-likeness (QED) is 0.543. The van der Waals surface area contributed by atoms with E-state index < -0.39 is 5.97 Å². The smallest absolute Gasteiger partial charge is 0.307 e. The predicted octanol–water partition coefficient (Wildman–Crippen LogP) is 5.44. The van der Waals surface area contributed by atoms with E-state index in [4.69, 9.17) is 5.11 Å². The zero-order valence-electron chi connectivity index (χ0n) is 17.6. The van der Waals surface area contributed by atoms with E-state index in [1.54, 1.807) is 0 Å². The van der Waals surface area contributed by atoms with Crippen LogP contribution in [0.4, 0.5) is 11.4 Å². The van der Waals surface area contributed by atoms with Crippen LogP contribution >= 0.6 is 0 Å². The molecule has 0 radical (unpaired) electrons. The number of hydrogen-bond acceptors (Lipinski definition) is 3. The minimum Gasteiger partial charge on any atom is -0.481 e. The van der Waals surface area contributed by atoms with Gasteiger partial charge in [-0.15, -0.1) is 0 Å². The molecule has 1 saturated carbocycles. The second kappa shape index (κ2) is 8.46. The first-order valence-electron chi connectivity index (χ1n) is 11.2. The summed E-state index contributed by atoms with van der Waals surface area (Å²) in [5, 5.41) is 12.7. The first kappa shape index (κ1) is 19.7. The van der Waals surface area contributed by atoms with Gasteiger partial charge in [0.2, 0.25) is 0 Å². The van der Waals surface area contributed by atoms with Crippen LogP contribution in [0.5, 0.6) is 0 Å². The van der Waals surface area contributed by atoms with Crippen molar-refractivity contribution in [2.75, 3.05) is 16.8 Å². The Morgan fingerprint density at radius 2 is 1.81 bits per heavy atom. The van der Waals surface area contributed by atoms with Crippen molar-refractivity contribution in [1.82, 2.24) is 0 Å². The van der Waals surface area contributed by atoms with Crippen molar-refractivity contribution in [1.29, 1.82) is 0 Å². The van der Waals surface area contributed by atoms with Crippen LogP contribution in [0, 0.1) is 5.92 Å². The molecule has 2 N–H and O–H groups in total. The van der Waals surface area contributed by atoms with Crippen molar-refractivity contribution in [3.63, 3.8) is 0 Å². The molecule has 158 valence electrons. The lowest BCUT2D eigenvalue weighted by atomic mass is 9.97. The first-order valence-corrected chi connectivity index (χ1v) is 11.2. The Hall–Kier alpha value is -3.27. The standard InChI is InChI=1S/C27H28N2O2/c30-27(31)25-16-24(25)20-11-13-23(14-12-20)28-17-22-9-4-8-21-10-5-15-29(26(21)22)18-19-6-2-1-3-7-19/h1-4,6-9,11-14,24-25,28H,5,10,15-18H2,(H,30,31)/t24-,25+/m0/s1. The topological polar surface area (TPSA) is 52.6 Å². The number of aryl methyl sites for hydroxylation is 1. The molecule has 0 bridgehead atoms. The monoisotopic (exact) mass is 412 g/mol. The molecule has 31 heavy (non-hydrogen) atoms. The largest absolute Gasteiger partial charge is 0.481 e. The number of carbonyl (C=O) groups is 1. The molecule has 0 amide bonds. The number of hydrogen-bond donors (Lipinski definition) is 2. The zero-order chi connectivity index (χ0) is 21.2. The van der Waals surface area contributed by atoms with Crippen LogP contribution in [0.3, 0.4) is 0 Å². The number of rotatable bonds is 7. The lowest BCUT2D eigenvalue weighted by Gasteiger charge is -2.33. The molecule has 5 rings (SSSR count). The number of nitrogens with zero attached hydrogens (tertiary/aromatic N) is 1. The van der Waals surface area contributed by atoms with E-state index in [2.05, 4.69) is 83.0 Å². The Balaban J connectivity index is 1.30. The van der Waals surface area contributed by atoms with Crippen LogP contribution in [0.25, 0.3) is 0 Å². The fourth-order valence-electron chi connectivity index (χ4n) is 4.81. The van der Waals surface area contributed by atoms with E-state index in [0.29, 0.717) is 0 Å². The third-order valence-electron chi connectivity index (χ3n) is 6.54. The summed E-state index contributed by atoms with van der Waals surface area (Å²) in [7, 11) is 0. The Labute approximate surface area is 183 Å². The van der Waals surface area contributed by atoms with Gasteiger partial charge in [0, 0.05) is 31.0 Å². The van der Waals surface area contributed by atoms with E-state index in [0.717, 1.165) is 43.7 Å². The second-order valence-electron chi connectivity index (χ2n) is 8.70. The lowest BCUT2D eigenvalue weighted by molar-refractivity contribution is -0.138. The predicted molar refractivity (Wildman–Crippen MR) is 125 cm³/mol. The summed E-state index contributed by atoms with van der Waals surface area (Å²) < 4.78 is 0. The molecule has 3 aromatic carbocycles. The maximum atomic E-state index is 11.1. The Morgan fingerprint density at radius 1 is 1.00 bits per heavy atom. The summed E-state index contributed by atoms with van der Waals surface area (Å²) in [4.78, 5) is 13.6. The molecule has 2 atom stereocenters. The summed E-state index contributed by atoms with van der Waals surface area (Å²) in [5.74, 6) is -0.703. The second-order valence-corrected chi connectivity index (χ2v) is 8.70. The Bertz CT molecular complexity index is 1060. The highest BCUT2D eigenvalue weighted by Gasteiger charge is 2.43. The van der Waals surface area contributed by atoms with E-state index in [1.807, 2.05) is 0 Å². The number of carboxylic acids is 1. The summed E-state index contributed by atoms with van der Waals surface area (Å²) in [6.07, 6.45) is 3.08. The Morgan fingerprint density at radius 3 is 2.55 bits per heavy atom. The van der Waals surface area contributed by atoms with Gasteiger partial charge in [0.15, 0.2) is 0 Å². The minimum atomic E-state index is -0.680. The molecule has 1 aliphatic carbocycles. The first-order chi connectivity index (χ1) is 15.2. The molecule has 4 nitrogen and oxygen atoms in total. The van der Waals surface area contributed by atoms with Gasteiger partial charge in [-0.1, -0.05) is 60.7 Å². The van der Waals surface area contributed by atoms with Gasteiger partial charge in [-0.25, -0.2) is 0 Å². The van der Waals surface area contributed by atoms with Crippen LogP contribution in [0.2, 0.25) is 0 Å². The molecule has 0 spiro atoms. The van der Waals surface area contributed by atoms with Crippen LogP contribution < -0.4 is 10.2 Å². The average molecular weight is 413 g/mol. The van der Waals surface area contributed by atoms with Crippen LogP contribution in [-0.4, -0.2) is 17.6 Å². The Kier molecular flexibility index (Phi) is 5.37. The van der Waals surface area contributed by atoms with Crippen molar-refractivity contribution < 1.29 is 9.90 Å². The van der Waals surface area contributed by atoms with Gasteiger partial charge in [0.05, 0.1) is 5.92 Å². The van der Waals surface area contributed by atoms with Crippen molar-refractivity contribution in [3.8, 4) is 0 Å². The normalized spacial score (nSPS) is 19.5. The molecule has 0 saturated heterocycles. The summed E-state index contributed by atoms with van der Waals surface area (Å²) >= 11 is 0. The lowest BCUT2D eigenvalue weighted by Crippen LogP contribution is -2.30. The van der Waals surface area contributed by atoms with Gasteiger partial charge in [-0.3, -0.25) is 4.79 Å². The van der Waals surface area contributed by atoms with Crippen LogP contribution in [0.1, 0.15) is 41.0 Å². The van der Waals surface area contributed by atoms with Crippen molar-refractivity contribution in [2.45, 2.75) is 38.3 Å². The van der Waals surface area contributed by atoms with E-state index in [1.165, 1.54) is 28.8 Å². The SMILES string of the molecule is O=C(O)[C@@H]1C[C@H]1c1ccc(NCc2cccc3c2N(Cc2ccccc2)CCC3)cc1. The van der Waals surface area contributed by atoms with E-state index in [9.17, 15) is 4.79 Å². The van der Waals surface area contributed by atoms with Gasteiger partial charge in [0.1, 0.15) is 0 Å². The van der Waals surface area contributed by atoms with E-state index >= 15 is 0 Å². The summed E-state index contributed by atoms with van der Waals surface area (Å²) in [5.41, 5.74) is 7.68. The number of para-hydroxylation sites is 1. The maximum Gasteiger partial charge on any atom is 0.307 e. The van der Waals surface area contributed by atoms with Gasteiger partial charge in [0.25, 0.3) is 0 Å². The average Bonchev–Trinajstić information content (AvgIpc) is 3.60. The number of carboxylic acid groups (broad SMARTS) is 1. The number of benzene rings is 3. The van der Waals surface area contributed by atoms with Crippen molar-refractivity contribution in [2.24, 2.45) is 5.92 Å². The van der Waals surface area contributed by atoms with E-state index in [-0.39, 0.29) is 11.8 Å². The van der Waals surface area contributed by atoms with Gasteiger partial charge >= 0.3 is 5.97 Å². The number of aliphatic carboxylic acids is 1. The highest BCUT2D eigenvalue weighted by Crippen LogP contribution is 2.47. The third kappa shape index (κ3) is 4.29. The fourth-order valence-corrected chi connectivity index (χ4v) is 4.81. The van der Waals surface area contributed by atoms with Crippen LogP contribution in [0.15, 0.2) is 72.8 Å². The maximum absolute atomic E-state index is 11.1. The molecule has 1 heterocycles. The number of anilines is 2. The molecule has 1 aliphatic heterocycles. The van der Waals surface area contributed by atoms with Crippen LogP contribution in [-0.2, 0) is 24.3 Å². The third-order valence-corrected chi connectivity index (χ3v) is 6.54. The highest BCUT2D eigenvalue weighted by atomic mass is 16.4. The molecule has 0 aromatic heterocycles. The molecule has 3 aromatic rings. The van der Waals surface area contributed by atoms with Gasteiger partial charge < -0.3 is 15.3 Å². The molecule has 4 heteroatoms.